The second-order valence-corrected chi connectivity index (χ2v) is 7.01. The van der Waals surface area contributed by atoms with E-state index in [9.17, 15) is 4.79 Å². The predicted octanol–water partition coefficient (Wildman–Crippen LogP) is 3.65. The molecule has 1 aromatic heterocycles. The second-order valence-electron chi connectivity index (χ2n) is 6.09. The van der Waals surface area contributed by atoms with Crippen molar-refractivity contribution >= 4 is 27.2 Å². The third-order valence-electron chi connectivity index (χ3n) is 4.76. The zero-order valence-electron chi connectivity index (χ0n) is 12.1. The first-order valence-corrected chi connectivity index (χ1v) is 8.20. The van der Waals surface area contributed by atoms with E-state index in [2.05, 4.69) is 48.8 Å². The minimum Gasteiger partial charge on any atom is -0.316 e. The van der Waals surface area contributed by atoms with Gasteiger partial charge in [0, 0.05) is 23.1 Å². The number of hydrogen-bond donors (Lipinski definition) is 1. The fraction of sp³-hybridized carbons (Fsp3) is 0.471. The molecule has 106 valence electrons. The Morgan fingerprint density at radius 3 is 2.90 bits per heavy atom. The van der Waals surface area contributed by atoms with E-state index in [1.165, 1.54) is 15.6 Å². The molecule has 3 rings (SSSR count). The molecular weight excluding hydrogens is 266 g/mol. The van der Waals surface area contributed by atoms with E-state index >= 15 is 0 Å². The van der Waals surface area contributed by atoms with E-state index in [1.54, 1.807) is 11.3 Å². The molecule has 2 heterocycles. The minimum absolute atomic E-state index is 0.164. The van der Waals surface area contributed by atoms with Crippen LogP contribution in [0.5, 0.6) is 0 Å². The zero-order valence-corrected chi connectivity index (χ0v) is 12.9. The van der Waals surface area contributed by atoms with Crippen molar-refractivity contribution in [3.05, 3.63) is 35.2 Å². The van der Waals surface area contributed by atoms with Gasteiger partial charge in [-0.1, -0.05) is 32.0 Å². The normalized spacial score (nSPS) is 22.8. The summed E-state index contributed by atoms with van der Waals surface area (Å²) in [5, 5.41) is 6.77. The summed E-state index contributed by atoms with van der Waals surface area (Å²) >= 11 is 1.74. The number of ketones is 1. The van der Waals surface area contributed by atoms with Crippen LogP contribution in [0.4, 0.5) is 0 Å². The van der Waals surface area contributed by atoms with Gasteiger partial charge in [0.2, 0.25) is 0 Å². The van der Waals surface area contributed by atoms with E-state index < -0.39 is 0 Å². The SMILES string of the molecule is CC(C)C1(C(=O)Cc2csc3ccccc23)CCNC1. The lowest BCUT2D eigenvalue weighted by Crippen LogP contribution is -2.39. The summed E-state index contributed by atoms with van der Waals surface area (Å²) in [5.41, 5.74) is 1.03. The van der Waals surface area contributed by atoms with Crippen molar-refractivity contribution in [3.63, 3.8) is 0 Å². The van der Waals surface area contributed by atoms with Crippen LogP contribution in [0.2, 0.25) is 0 Å². The maximum absolute atomic E-state index is 12.9. The number of Topliss-reactive ketones (excluding diaryl/α,β-unsaturated/α-hetero) is 1. The van der Waals surface area contributed by atoms with Gasteiger partial charge in [-0.2, -0.15) is 0 Å². The molecule has 1 N–H and O–H groups in total. The number of fused-ring (bicyclic) bond motifs is 1. The lowest BCUT2D eigenvalue weighted by molar-refractivity contribution is -0.129. The highest BCUT2D eigenvalue weighted by atomic mass is 32.1. The first-order valence-electron chi connectivity index (χ1n) is 7.32. The Labute approximate surface area is 124 Å². The lowest BCUT2D eigenvalue weighted by Gasteiger charge is -2.31. The van der Waals surface area contributed by atoms with Gasteiger partial charge in [-0.15, -0.1) is 11.3 Å². The number of hydrogen-bond acceptors (Lipinski definition) is 3. The molecule has 0 radical (unpaired) electrons. The Morgan fingerprint density at radius 1 is 1.40 bits per heavy atom. The fourth-order valence-electron chi connectivity index (χ4n) is 3.28. The van der Waals surface area contributed by atoms with Crippen LogP contribution < -0.4 is 5.32 Å². The van der Waals surface area contributed by atoms with Crippen LogP contribution in [0.25, 0.3) is 10.1 Å². The molecule has 3 heteroatoms. The summed E-state index contributed by atoms with van der Waals surface area (Å²) in [6.45, 7) is 6.16. The molecule has 0 aliphatic carbocycles. The van der Waals surface area contributed by atoms with Crippen LogP contribution in [0.3, 0.4) is 0 Å². The predicted molar refractivity (Wildman–Crippen MR) is 85.3 cm³/mol. The van der Waals surface area contributed by atoms with Crippen molar-refractivity contribution < 1.29 is 4.79 Å². The van der Waals surface area contributed by atoms with Crippen LogP contribution >= 0.6 is 11.3 Å². The maximum atomic E-state index is 12.9. The molecule has 1 aromatic carbocycles. The van der Waals surface area contributed by atoms with Gasteiger partial charge in [0.05, 0.1) is 0 Å². The molecule has 0 bridgehead atoms. The maximum Gasteiger partial charge on any atom is 0.145 e. The summed E-state index contributed by atoms with van der Waals surface area (Å²) in [6.07, 6.45) is 1.55. The van der Waals surface area contributed by atoms with Crippen LogP contribution in [-0.4, -0.2) is 18.9 Å². The first-order chi connectivity index (χ1) is 9.63. The number of carbonyl (C=O) groups is 1. The van der Waals surface area contributed by atoms with Crippen molar-refractivity contribution in [2.75, 3.05) is 13.1 Å². The highest BCUT2D eigenvalue weighted by molar-refractivity contribution is 7.17. The largest absolute Gasteiger partial charge is 0.316 e. The van der Waals surface area contributed by atoms with Gasteiger partial charge < -0.3 is 5.32 Å². The van der Waals surface area contributed by atoms with Crippen molar-refractivity contribution in [3.8, 4) is 0 Å². The Balaban J connectivity index is 1.88. The fourth-order valence-corrected chi connectivity index (χ4v) is 4.25. The van der Waals surface area contributed by atoms with E-state index in [-0.39, 0.29) is 5.41 Å². The molecule has 0 spiro atoms. The van der Waals surface area contributed by atoms with E-state index in [1.807, 2.05) is 0 Å². The number of rotatable bonds is 4. The molecule has 20 heavy (non-hydrogen) atoms. The Hall–Kier alpha value is -1.19. The van der Waals surface area contributed by atoms with Crippen LogP contribution in [0, 0.1) is 11.3 Å². The number of carbonyl (C=O) groups excluding carboxylic acids is 1. The van der Waals surface area contributed by atoms with Gasteiger partial charge in [-0.3, -0.25) is 4.79 Å². The monoisotopic (exact) mass is 287 g/mol. The van der Waals surface area contributed by atoms with Gasteiger partial charge in [-0.05, 0) is 41.3 Å². The Bertz CT molecular complexity index is 623. The average Bonchev–Trinajstić information content (AvgIpc) is 3.07. The molecular formula is C17H21NOS. The summed E-state index contributed by atoms with van der Waals surface area (Å²) < 4.78 is 1.28. The first kappa shape index (κ1) is 13.8. The van der Waals surface area contributed by atoms with Crippen molar-refractivity contribution in [2.45, 2.75) is 26.7 Å². The molecule has 1 unspecified atom stereocenters. The Morgan fingerprint density at radius 2 is 2.20 bits per heavy atom. The summed E-state index contributed by atoms with van der Waals surface area (Å²) in [7, 11) is 0. The zero-order chi connectivity index (χ0) is 14.2. The summed E-state index contributed by atoms with van der Waals surface area (Å²) in [4.78, 5) is 12.9. The average molecular weight is 287 g/mol. The number of benzene rings is 1. The Kier molecular flexibility index (Phi) is 3.65. The smallest absolute Gasteiger partial charge is 0.145 e. The van der Waals surface area contributed by atoms with Crippen LogP contribution in [0.1, 0.15) is 25.8 Å². The van der Waals surface area contributed by atoms with Gasteiger partial charge >= 0.3 is 0 Å². The third-order valence-corrected chi connectivity index (χ3v) is 5.77. The molecule has 2 aromatic rings. The molecule has 1 atom stereocenters. The van der Waals surface area contributed by atoms with Gasteiger partial charge in [0.25, 0.3) is 0 Å². The highest BCUT2D eigenvalue weighted by Crippen LogP contribution is 2.37. The van der Waals surface area contributed by atoms with Gasteiger partial charge in [0.15, 0.2) is 0 Å². The lowest BCUT2D eigenvalue weighted by atomic mass is 9.71. The van der Waals surface area contributed by atoms with Crippen LogP contribution in [0.15, 0.2) is 29.6 Å². The number of nitrogens with one attached hydrogen (secondary N) is 1. The van der Waals surface area contributed by atoms with Gasteiger partial charge in [-0.25, -0.2) is 0 Å². The third kappa shape index (κ3) is 2.19. The molecule has 0 amide bonds. The molecule has 2 nitrogen and oxygen atoms in total. The quantitative estimate of drug-likeness (QED) is 0.930. The van der Waals surface area contributed by atoms with E-state index in [4.69, 9.17) is 0 Å². The summed E-state index contributed by atoms with van der Waals surface area (Å²) in [5.74, 6) is 0.802. The molecule has 1 aliphatic rings. The van der Waals surface area contributed by atoms with E-state index in [0.717, 1.165) is 19.5 Å². The van der Waals surface area contributed by atoms with Crippen molar-refractivity contribution in [2.24, 2.45) is 11.3 Å². The highest BCUT2D eigenvalue weighted by Gasteiger charge is 2.43. The summed E-state index contributed by atoms with van der Waals surface area (Å²) in [6, 6.07) is 8.37. The molecule has 1 fully saturated rings. The second kappa shape index (κ2) is 5.30. The standard InChI is InChI=1S/C17H21NOS/c1-12(2)17(7-8-18-11-17)16(19)9-13-10-20-15-6-4-3-5-14(13)15/h3-6,10,12,18H,7-9,11H2,1-2H3. The topological polar surface area (TPSA) is 29.1 Å². The molecule has 0 saturated carbocycles. The van der Waals surface area contributed by atoms with Gasteiger partial charge in [0.1, 0.15) is 5.78 Å². The molecule has 1 aliphatic heterocycles. The van der Waals surface area contributed by atoms with Crippen molar-refractivity contribution in [1.29, 1.82) is 0 Å². The molecule has 1 saturated heterocycles. The van der Waals surface area contributed by atoms with E-state index in [0.29, 0.717) is 18.1 Å². The minimum atomic E-state index is -0.164. The van der Waals surface area contributed by atoms with Crippen LogP contribution in [-0.2, 0) is 11.2 Å². The van der Waals surface area contributed by atoms with Crippen molar-refractivity contribution in [1.82, 2.24) is 5.32 Å². The number of thiophene rings is 1.